The lowest BCUT2D eigenvalue weighted by atomic mass is 9.75. The highest BCUT2D eigenvalue weighted by Gasteiger charge is 2.42. The summed E-state index contributed by atoms with van der Waals surface area (Å²) in [6.45, 7) is 0. The van der Waals surface area contributed by atoms with Crippen molar-refractivity contribution in [2.75, 3.05) is 0 Å². The van der Waals surface area contributed by atoms with Gasteiger partial charge in [0.15, 0.2) is 11.5 Å². The molecule has 0 amide bonds. The summed E-state index contributed by atoms with van der Waals surface area (Å²) in [5.41, 5.74) is 1.43. The molecule has 0 fully saturated rings. The van der Waals surface area contributed by atoms with Crippen molar-refractivity contribution in [2.45, 2.75) is 11.8 Å². The van der Waals surface area contributed by atoms with E-state index in [1.165, 1.54) is 0 Å². The number of aromatic carboxylic acids is 1. The number of rotatable bonds is 4. The molecule has 0 saturated carbocycles. The van der Waals surface area contributed by atoms with Crippen LogP contribution in [0.3, 0.4) is 0 Å². The predicted octanol–water partition coefficient (Wildman–Crippen LogP) is 1.96. The molecule has 1 unspecified atom stereocenters. The highest BCUT2D eigenvalue weighted by Crippen LogP contribution is 2.40. The third-order valence-corrected chi connectivity index (χ3v) is 4.47. The number of nitrogens with zero attached hydrogens (tertiary/aromatic N) is 5. The molecule has 2 aromatic heterocycles. The normalized spacial score (nSPS) is 19.3. The molecule has 26 heavy (non-hydrogen) atoms. The average Bonchev–Trinajstić information content (AvgIpc) is 3.32. The van der Waals surface area contributed by atoms with E-state index in [-0.39, 0.29) is 5.69 Å². The molecule has 0 saturated heterocycles. The van der Waals surface area contributed by atoms with Gasteiger partial charge in [-0.3, -0.25) is 4.68 Å². The molecule has 0 bridgehead atoms. The van der Waals surface area contributed by atoms with Crippen molar-refractivity contribution >= 4 is 11.5 Å². The molecular formula is C18H16N6O2. The van der Waals surface area contributed by atoms with Crippen molar-refractivity contribution < 1.29 is 9.90 Å². The minimum Gasteiger partial charge on any atom is -0.476 e. The van der Waals surface area contributed by atoms with Crippen LogP contribution in [-0.4, -0.2) is 41.3 Å². The van der Waals surface area contributed by atoms with Gasteiger partial charge in [-0.25, -0.2) is 9.78 Å². The number of aromatic nitrogens is 6. The minimum absolute atomic E-state index is 0.126. The van der Waals surface area contributed by atoms with Gasteiger partial charge in [-0.1, -0.05) is 48.6 Å². The first-order chi connectivity index (χ1) is 12.6. The fourth-order valence-electron chi connectivity index (χ4n) is 3.17. The van der Waals surface area contributed by atoms with Crippen LogP contribution in [0.25, 0.3) is 5.57 Å². The molecule has 0 aliphatic heterocycles. The molecule has 8 heteroatoms. The van der Waals surface area contributed by atoms with Crippen LogP contribution in [0.2, 0.25) is 0 Å². The lowest BCUT2D eigenvalue weighted by Gasteiger charge is -2.28. The maximum Gasteiger partial charge on any atom is 0.358 e. The van der Waals surface area contributed by atoms with Gasteiger partial charge in [0.05, 0.1) is 0 Å². The summed E-state index contributed by atoms with van der Waals surface area (Å²) < 4.78 is 1.59. The quantitative estimate of drug-likeness (QED) is 0.746. The first-order valence-corrected chi connectivity index (χ1v) is 8.05. The number of carbonyl (C=O) groups is 1. The topological polar surface area (TPSA) is 110 Å². The number of carboxylic acids is 1. The smallest absolute Gasteiger partial charge is 0.358 e. The standard InChI is InChI=1S/C18H16N6O2/c1-24-11-19-17(22-24)18(15-14(16(25)26)20-23-21-15)9-7-13(8-10-18)12-5-3-2-4-6-12/h2-9,11H,10H2,1H3,(H,25,26)(H,20,21,23). The van der Waals surface area contributed by atoms with E-state index in [1.807, 2.05) is 48.6 Å². The molecule has 8 nitrogen and oxygen atoms in total. The van der Waals surface area contributed by atoms with Gasteiger partial charge < -0.3 is 5.11 Å². The van der Waals surface area contributed by atoms with Crippen LogP contribution in [0.15, 0.2) is 54.9 Å². The SMILES string of the molecule is Cn1cnc(C2(c3n[nH]nc3C(=O)O)C=CC(c3ccccc3)=CC2)n1. The van der Waals surface area contributed by atoms with Gasteiger partial charge in [0.1, 0.15) is 17.4 Å². The summed E-state index contributed by atoms with van der Waals surface area (Å²) in [7, 11) is 1.77. The first kappa shape index (κ1) is 15.9. The number of aryl methyl sites for hydroxylation is 1. The fraction of sp³-hybridized carbons (Fsp3) is 0.167. The second kappa shape index (κ2) is 6.07. The number of allylic oxidation sites excluding steroid dienone is 4. The monoisotopic (exact) mass is 348 g/mol. The molecule has 1 atom stereocenters. The Labute approximate surface area is 148 Å². The van der Waals surface area contributed by atoms with Crippen LogP contribution < -0.4 is 0 Å². The summed E-state index contributed by atoms with van der Waals surface area (Å²) in [4.78, 5) is 15.9. The molecule has 1 aliphatic rings. The summed E-state index contributed by atoms with van der Waals surface area (Å²) in [5.74, 6) is -0.661. The Hall–Kier alpha value is -3.55. The number of nitrogens with one attached hydrogen (secondary N) is 1. The van der Waals surface area contributed by atoms with Crippen LogP contribution in [0.4, 0.5) is 0 Å². The predicted molar refractivity (Wildman–Crippen MR) is 93.3 cm³/mol. The average molecular weight is 348 g/mol. The zero-order valence-corrected chi connectivity index (χ0v) is 14.0. The molecule has 130 valence electrons. The Kier molecular flexibility index (Phi) is 3.72. The van der Waals surface area contributed by atoms with Gasteiger partial charge in [-0.05, 0) is 17.6 Å². The number of H-pyrrole nitrogens is 1. The largest absolute Gasteiger partial charge is 0.476 e. The second-order valence-electron chi connectivity index (χ2n) is 6.10. The summed E-state index contributed by atoms with van der Waals surface area (Å²) >= 11 is 0. The summed E-state index contributed by atoms with van der Waals surface area (Å²) in [6.07, 6.45) is 7.98. The summed E-state index contributed by atoms with van der Waals surface area (Å²) in [6, 6.07) is 9.98. The molecule has 1 aromatic carbocycles. The van der Waals surface area contributed by atoms with Gasteiger partial charge >= 0.3 is 5.97 Å². The van der Waals surface area contributed by atoms with E-state index in [1.54, 1.807) is 18.1 Å². The Balaban J connectivity index is 1.82. The van der Waals surface area contributed by atoms with Crippen LogP contribution in [-0.2, 0) is 12.5 Å². The lowest BCUT2D eigenvalue weighted by Crippen LogP contribution is -2.31. The highest BCUT2D eigenvalue weighted by molar-refractivity contribution is 5.87. The highest BCUT2D eigenvalue weighted by atomic mass is 16.4. The molecule has 3 aromatic rings. The Bertz CT molecular complexity index is 1020. The molecule has 0 spiro atoms. The minimum atomic E-state index is -1.14. The van der Waals surface area contributed by atoms with E-state index in [0.29, 0.717) is 17.9 Å². The van der Waals surface area contributed by atoms with Gasteiger partial charge in [-0.15, -0.1) is 5.10 Å². The number of hydrogen-bond acceptors (Lipinski definition) is 5. The number of benzene rings is 1. The van der Waals surface area contributed by atoms with Crippen molar-refractivity contribution in [2.24, 2.45) is 7.05 Å². The fourth-order valence-corrected chi connectivity index (χ4v) is 3.17. The van der Waals surface area contributed by atoms with Crippen LogP contribution >= 0.6 is 0 Å². The van der Waals surface area contributed by atoms with Gasteiger partial charge in [-0.2, -0.15) is 15.4 Å². The van der Waals surface area contributed by atoms with Gasteiger partial charge in [0, 0.05) is 7.05 Å². The first-order valence-electron chi connectivity index (χ1n) is 8.05. The Morgan fingerprint density at radius 2 is 2.08 bits per heavy atom. The zero-order valence-electron chi connectivity index (χ0n) is 14.0. The zero-order chi connectivity index (χ0) is 18.1. The van der Waals surface area contributed by atoms with Crippen molar-refractivity contribution in [3.8, 4) is 0 Å². The molecular weight excluding hydrogens is 332 g/mol. The molecule has 1 aliphatic carbocycles. The van der Waals surface area contributed by atoms with Gasteiger partial charge in [0.2, 0.25) is 0 Å². The lowest BCUT2D eigenvalue weighted by molar-refractivity contribution is 0.0688. The maximum absolute atomic E-state index is 11.6. The number of carboxylic acid groups (broad SMARTS) is 1. The maximum atomic E-state index is 11.6. The molecule has 0 radical (unpaired) electrons. The van der Waals surface area contributed by atoms with Crippen molar-refractivity contribution in [1.82, 2.24) is 30.2 Å². The van der Waals surface area contributed by atoms with Crippen molar-refractivity contribution in [3.63, 3.8) is 0 Å². The Morgan fingerprint density at radius 3 is 2.69 bits per heavy atom. The van der Waals surface area contributed by atoms with E-state index in [9.17, 15) is 9.90 Å². The number of aromatic amines is 1. The van der Waals surface area contributed by atoms with Crippen LogP contribution in [0, 0.1) is 0 Å². The second-order valence-corrected chi connectivity index (χ2v) is 6.10. The van der Waals surface area contributed by atoms with E-state index in [0.717, 1.165) is 11.1 Å². The van der Waals surface area contributed by atoms with Crippen molar-refractivity contribution in [3.05, 3.63) is 77.7 Å². The van der Waals surface area contributed by atoms with E-state index >= 15 is 0 Å². The molecule has 2 heterocycles. The van der Waals surface area contributed by atoms with E-state index < -0.39 is 11.4 Å². The third-order valence-electron chi connectivity index (χ3n) is 4.47. The number of hydrogen-bond donors (Lipinski definition) is 2. The third kappa shape index (κ3) is 2.52. The van der Waals surface area contributed by atoms with Crippen LogP contribution in [0.1, 0.15) is 34.0 Å². The van der Waals surface area contributed by atoms with Gasteiger partial charge in [0.25, 0.3) is 0 Å². The van der Waals surface area contributed by atoms with Crippen molar-refractivity contribution in [1.29, 1.82) is 0 Å². The van der Waals surface area contributed by atoms with E-state index in [4.69, 9.17) is 0 Å². The molecule has 4 rings (SSSR count). The molecule has 2 N–H and O–H groups in total. The van der Waals surface area contributed by atoms with Crippen LogP contribution in [0.5, 0.6) is 0 Å². The summed E-state index contributed by atoms with van der Waals surface area (Å²) in [5, 5.41) is 24.2. The van der Waals surface area contributed by atoms with E-state index in [2.05, 4.69) is 25.5 Å². The Morgan fingerprint density at radius 1 is 1.27 bits per heavy atom.